The number of H-pyrrole nitrogens is 1. The second kappa shape index (κ2) is 6.10. The van der Waals surface area contributed by atoms with Gasteiger partial charge < -0.3 is 11.1 Å². The Morgan fingerprint density at radius 1 is 1.13 bits per heavy atom. The standard InChI is InChI=1S/C16H13N5O2/c17-15(22)11-4-5-14(18-9-11)16(23)20-12-3-1-2-10(8-12)13-6-7-19-21-13/h1-9H,(H2,17,22)(H,19,21)(H,20,23). The number of nitrogens with one attached hydrogen (secondary N) is 2. The number of hydrogen-bond acceptors (Lipinski definition) is 4. The Labute approximate surface area is 131 Å². The minimum atomic E-state index is -0.586. The molecule has 0 aliphatic heterocycles. The maximum Gasteiger partial charge on any atom is 0.274 e. The van der Waals surface area contributed by atoms with Gasteiger partial charge in [-0.2, -0.15) is 5.10 Å². The highest BCUT2D eigenvalue weighted by molar-refractivity contribution is 6.03. The van der Waals surface area contributed by atoms with Crippen LogP contribution in [0.15, 0.2) is 54.9 Å². The zero-order valence-corrected chi connectivity index (χ0v) is 12.0. The van der Waals surface area contributed by atoms with Gasteiger partial charge in [-0.05, 0) is 30.3 Å². The molecule has 0 saturated carbocycles. The van der Waals surface area contributed by atoms with E-state index in [2.05, 4.69) is 20.5 Å². The molecule has 0 saturated heterocycles. The van der Waals surface area contributed by atoms with Gasteiger partial charge in [-0.25, -0.2) is 0 Å². The second-order valence-corrected chi connectivity index (χ2v) is 4.80. The molecule has 2 aromatic heterocycles. The molecule has 0 bridgehead atoms. The van der Waals surface area contributed by atoms with E-state index in [1.165, 1.54) is 18.3 Å². The van der Waals surface area contributed by atoms with Crippen LogP contribution in [0.1, 0.15) is 20.8 Å². The molecule has 7 heteroatoms. The van der Waals surface area contributed by atoms with Crippen LogP contribution in [0.2, 0.25) is 0 Å². The van der Waals surface area contributed by atoms with Crippen LogP contribution >= 0.6 is 0 Å². The lowest BCUT2D eigenvalue weighted by Gasteiger charge is -2.06. The second-order valence-electron chi connectivity index (χ2n) is 4.80. The topological polar surface area (TPSA) is 114 Å². The third kappa shape index (κ3) is 3.24. The lowest BCUT2D eigenvalue weighted by molar-refractivity contribution is 0.0993. The summed E-state index contributed by atoms with van der Waals surface area (Å²) >= 11 is 0. The normalized spacial score (nSPS) is 10.3. The van der Waals surface area contributed by atoms with Gasteiger partial charge in [0.05, 0.1) is 11.3 Å². The van der Waals surface area contributed by atoms with Crippen molar-refractivity contribution in [2.75, 3.05) is 5.32 Å². The van der Waals surface area contributed by atoms with Crippen LogP contribution in [0.5, 0.6) is 0 Å². The largest absolute Gasteiger partial charge is 0.366 e. The number of pyridine rings is 1. The Morgan fingerprint density at radius 2 is 2.00 bits per heavy atom. The van der Waals surface area contributed by atoms with Crippen molar-refractivity contribution < 1.29 is 9.59 Å². The van der Waals surface area contributed by atoms with Crippen molar-refractivity contribution in [3.63, 3.8) is 0 Å². The molecule has 0 fully saturated rings. The first-order chi connectivity index (χ1) is 11.1. The van der Waals surface area contributed by atoms with Crippen molar-refractivity contribution in [1.29, 1.82) is 0 Å². The highest BCUT2D eigenvalue weighted by Gasteiger charge is 2.10. The van der Waals surface area contributed by atoms with Gasteiger partial charge in [0.25, 0.3) is 5.91 Å². The molecule has 3 rings (SSSR count). The van der Waals surface area contributed by atoms with E-state index in [0.717, 1.165) is 11.3 Å². The first kappa shape index (κ1) is 14.5. The van der Waals surface area contributed by atoms with Crippen LogP contribution in [0.4, 0.5) is 5.69 Å². The lowest BCUT2D eigenvalue weighted by Crippen LogP contribution is -2.16. The molecule has 4 N–H and O–H groups in total. The number of nitrogens with zero attached hydrogens (tertiary/aromatic N) is 2. The summed E-state index contributed by atoms with van der Waals surface area (Å²) in [5.41, 5.74) is 7.97. The summed E-state index contributed by atoms with van der Waals surface area (Å²) in [5, 5.41) is 9.52. The highest BCUT2D eigenvalue weighted by Crippen LogP contribution is 2.20. The van der Waals surface area contributed by atoms with Gasteiger partial charge in [0, 0.05) is 23.6 Å². The van der Waals surface area contributed by atoms with E-state index >= 15 is 0 Å². The summed E-state index contributed by atoms with van der Waals surface area (Å²) < 4.78 is 0. The molecule has 0 spiro atoms. The van der Waals surface area contributed by atoms with Crippen LogP contribution in [-0.4, -0.2) is 27.0 Å². The van der Waals surface area contributed by atoms with Crippen LogP contribution in [0.25, 0.3) is 11.3 Å². The molecule has 0 aliphatic rings. The van der Waals surface area contributed by atoms with Crippen molar-refractivity contribution in [2.45, 2.75) is 0 Å². The van der Waals surface area contributed by atoms with Crippen molar-refractivity contribution in [3.05, 3.63) is 66.1 Å². The van der Waals surface area contributed by atoms with Gasteiger partial charge in [0.15, 0.2) is 0 Å². The number of carbonyl (C=O) groups is 2. The first-order valence-electron chi connectivity index (χ1n) is 6.80. The maximum absolute atomic E-state index is 12.2. The number of anilines is 1. The number of benzene rings is 1. The number of amides is 2. The lowest BCUT2D eigenvalue weighted by atomic mass is 10.1. The fourth-order valence-electron chi connectivity index (χ4n) is 2.05. The molecule has 23 heavy (non-hydrogen) atoms. The van der Waals surface area contributed by atoms with Crippen molar-refractivity contribution >= 4 is 17.5 Å². The molecule has 3 aromatic rings. The Morgan fingerprint density at radius 3 is 2.65 bits per heavy atom. The van der Waals surface area contributed by atoms with Gasteiger partial charge in [-0.1, -0.05) is 12.1 Å². The number of rotatable bonds is 4. The molecule has 2 heterocycles. The summed E-state index contributed by atoms with van der Waals surface area (Å²) in [7, 11) is 0. The van der Waals surface area contributed by atoms with E-state index in [1.54, 1.807) is 12.3 Å². The number of primary amides is 1. The van der Waals surface area contributed by atoms with Gasteiger partial charge in [0.1, 0.15) is 5.69 Å². The van der Waals surface area contributed by atoms with Crippen LogP contribution in [0, 0.1) is 0 Å². The average Bonchev–Trinajstić information content (AvgIpc) is 3.10. The molecule has 0 atom stereocenters. The van der Waals surface area contributed by atoms with Crippen LogP contribution in [-0.2, 0) is 0 Å². The Balaban J connectivity index is 1.77. The SMILES string of the molecule is NC(=O)c1ccc(C(=O)Nc2cccc(-c3ccn[nH]3)c2)nc1. The van der Waals surface area contributed by atoms with Gasteiger partial charge in [-0.3, -0.25) is 19.7 Å². The van der Waals surface area contributed by atoms with E-state index in [4.69, 9.17) is 5.73 Å². The van der Waals surface area contributed by atoms with Gasteiger partial charge in [0.2, 0.25) is 5.91 Å². The molecule has 114 valence electrons. The molecule has 7 nitrogen and oxygen atoms in total. The van der Waals surface area contributed by atoms with E-state index in [9.17, 15) is 9.59 Å². The van der Waals surface area contributed by atoms with E-state index in [1.807, 2.05) is 24.3 Å². The summed E-state index contributed by atoms with van der Waals surface area (Å²) in [6.45, 7) is 0. The first-order valence-corrected chi connectivity index (χ1v) is 6.80. The summed E-state index contributed by atoms with van der Waals surface area (Å²) in [6, 6.07) is 12.1. The van der Waals surface area contributed by atoms with Crippen LogP contribution in [0.3, 0.4) is 0 Å². The smallest absolute Gasteiger partial charge is 0.274 e. The Hall–Kier alpha value is -3.48. The van der Waals surface area contributed by atoms with E-state index in [-0.39, 0.29) is 17.2 Å². The predicted molar refractivity (Wildman–Crippen MR) is 84.7 cm³/mol. The quantitative estimate of drug-likeness (QED) is 0.682. The van der Waals surface area contributed by atoms with Gasteiger partial charge in [-0.15, -0.1) is 0 Å². The fourth-order valence-corrected chi connectivity index (χ4v) is 2.05. The molecule has 1 aromatic carbocycles. The van der Waals surface area contributed by atoms with E-state index < -0.39 is 5.91 Å². The highest BCUT2D eigenvalue weighted by atomic mass is 16.2. The molecular weight excluding hydrogens is 294 g/mol. The summed E-state index contributed by atoms with van der Waals surface area (Å²) in [4.78, 5) is 27.1. The number of aromatic amines is 1. The predicted octanol–water partition coefficient (Wildman–Crippen LogP) is 1.82. The van der Waals surface area contributed by atoms with Gasteiger partial charge >= 0.3 is 0 Å². The van der Waals surface area contributed by atoms with Crippen molar-refractivity contribution in [3.8, 4) is 11.3 Å². The molecule has 0 aliphatic carbocycles. The average molecular weight is 307 g/mol. The number of carbonyl (C=O) groups excluding carboxylic acids is 2. The van der Waals surface area contributed by atoms with E-state index in [0.29, 0.717) is 5.69 Å². The molecule has 0 unspecified atom stereocenters. The monoisotopic (exact) mass is 307 g/mol. The van der Waals surface area contributed by atoms with Crippen LogP contribution < -0.4 is 11.1 Å². The van der Waals surface area contributed by atoms with Crippen molar-refractivity contribution in [2.24, 2.45) is 5.73 Å². The number of aromatic nitrogens is 3. The summed E-state index contributed by atoms with van der Waals surface area (Å²) in [6.07, 6.45) is 2.93. The fraction of sp³-hybridized carbons (Fsp3) is 0. The Bertz CT molecular complexity index is 841. The maximum atomic E-state index is 12.2. The number of nitrogens with two attached hydrogens (primary N) is 1. The number of hydrogen-bond donors (Lipinski definition) is 3. The minimum Gasteiger partial charge on any atom is -0.366 e. The third-order valence-corrected chi connectivity index (χ3v) is 3.21. The molecule has 0 radical (unpaired) electrons. The Kier molecular flexibility index (Phi) is 3.84. The molecular formula is C16H13N5O2. The zero-order valence-electron chi connectivity index (χ0n) is 12.0. The summed E-state index contributed by atoms with van der Waals surface area (Å²) in [5.74, 6) is -0.959. The zero-order chi connectivity index (χ0) is 16.2. The molecule has 2 amide bonds. The van der Waals surface area contributed by atoms with Crippen molar-refractivity contribution in [1.82, 2.24) is 15.2 Å². The third-order valence-electron chi connectivity index (χ3n) is 3.21. The minimum absolute atomic E-state index is 0.196.